The molecule has 0 unspecified atom stereocenters. The zero-order valence-corrected chi connectivity index (χ0v) is 17.6. The zero-order valence-electron chi connectivity index (χ0n) is 17.6. The van der Waals surface area contributed by atoms with Gasteiger partial charge in [-0.2, -0.15) is 0 Å². The van der Waals surface area contributed by atoms with Gasteiger partial charge in [0.25, 0.3) is 0 Å². The Hall–Kier alpha value is -1.06. The smallest absolute Gasteiger partial charge is 0.222 e. The van der Waals surface area contributed by atoms with Gasteiger partial charge in [0.1, 0.15) is 0 Å². The van der Waals surface area contributed by atoms with Crippen molar-refractivity contribution < 1.29 is 9.59 Å². The lowest BCUT2D eigenvalue weighted by Gasteiger charge is -2.23. The van der Waals surface area contributed by atoms with Crippen LogP contribution < -0.4 is 5.73 Å². The van der Waals surface area contributed by atoms with Crippen LogP contribution in [0.1, 0.15) is 117 Å². The molecule has 154 valence electrons. The number of unbranched alkanes of at least 4 members (excludes halogenated alkanes) is 11. The molecule has 2 N–H and O–H groups in total. The minimum atomic E-state index is -0.200. The average molecular weight is 369 g/mol. The molecule has 0 atom stereocenters. The van der Waals surface area contributed by atoms with E-state index in [0.29, 0.717) is 18.7 Å². The maximum Gasteiger partial charge on any atom is 0.222 e. The second-order valence-corrected chi connectivity index (χ2v) is 7.59. The van der Waals surface area contributed by atoms with Gasteiger partial charge in [0.05, 0.1) is 0 Å². The predicted octanol–water partition coefficient (Wildman–Crippen LogP) is 5.58. The summed E-state index contributed by atoms with van der Waals surface area (Å²) in [6.45, 7) is 6.33. The van der Waals surface area contributed by atoms with E-state index in [9.17, 15) is 9.59 Å². The summed E-state index contributed by atoms with van der Waals surface area (Å²) in [5, 5.41) is 0. The Morgan fingerprint density at radius 3 is 1.50 bits per heavy atom. The molecule has 4 heteroatoms. The van der Waals surface area contributed by atoms with Gasteiger partial charge in [-0.25, -0.2) is 0 Å². The van der Waals surface area contributed by atoms with Crippen molar-refractivity contribution in [3.63, 3.8) is 0 Å². The van der Waals surface area contributed by atoms with Gasteiger partial charge in [-0.3, -0.25) is 9.59 Å². The van der Waals surface area contributed by atoms with E-state index in [1.54, 1.807) is 0 Å². The molecule has 0 aliphatic carbocycles. The molecule has 0 saturated carbocycles. The minimum absolute atomic E-state index is 0.200. The number of amides is 2. The van der Waals surface area contributed by atoms with E-state index in [2.05, 4.69) is 18.7 Å². The molecule has 0 aliphatic heterocycles. The van der Waals surface area contributed by atoms with Crippen molar-refractivity contribution in [2.24, 2.45) is 5.73 Å². The molecule has 0 rings (SSSR count). The third-order valence-corrected chi connectivity index (χ3v) is 4.98. The highest BCUT2D eigenvalue weighted by Gasteiger charge is 2.12. The quantitative estimate of drug-likeness (QED) is 0.302. The summed E-state index contributed by atoms with van der Waals surface area (Å²) in [6.07, 6.45) is 17.4. The first-order valence-electron chi connectivity index (χ1n) is 11.2. The number of hydrogen-bond donors (Lipinski definition) is 1. The SMILES string of the molecule is CCCCCCN(CCCCCC)C(=O)CCCCCCCCC(N)=O. The Kier molecular flexibility index (Phi) is 18.0. The van der Waals surface area contributed by atoms with E-state index < -0.39 is 0 Å². The lowest BCUT2D eigenvalue weighted by molar-refractivity contribution is -0.131. The Morgan fingerprint density at radius 2 is 1.04 bits per heavy atom. The normalized spacial score (nSPS) is 10.8. The molecule has 2 amide bonds. The van der Waals surface area contributed by atoms with Gasteiger partial charge in [0.2, 0.25) is 11.8 Å². The third kappa shape index (κ3) is 16.4. The van der Waals surface area contributed by atoms with E-state index in [1.165, 1.54) is 38.5 Å². The van der Waals surface area contributed by atoms with Crippen molar-refractivity contribution in [2.75, 3.05) is 13.1 Å². The van der Waals surface area contributed by atoms with Gasteiger partial charge in [-0.15, -0.1) is 0 Å². The van der Waals surface area contributed by atoms with E-state index in [-0.39, 0.29) is 5.91 Å². The Morgan fingerprint density at radius 1 is 0.615 bits per heavy atom. The second-order valence-electron chi connectivity index (χ2n) is 7.59. The summed E-state index contributed by atoms with van der Waals surface area (Å²) in [4.78, 5) is 25.4. The number of hydrogen-bond acceptors (Lipinski definition) is 2. The van der Waals surface area contributed by atoms with Gasteiger partial charge in [0.15, 0.2) is 0 Å². The average Bonchev–Trinajstić information content (AvgIpc) is 2.62. The first-order valence-corrected chi connectivity index (χ1v) is 11.2. The predicted molar refractivity (Wildman–Crippen MR) is 111 cm³/mol. The molecular formula is C22H44N2O2. The van der Waals surface area contributed by atoms with Crippen LogP contribution in [0.25, 0.3) is 0 Å². The first kappa shape index (κ1) is 24.9. The maximum atomic E-state index is 12.6. The molecular weight excluding hydrogens is 324 g/mol. The third-order valence-electron chi connectivity index (χ3n) is 4.98. The monoisotopic (exact) mass is 368 g/mol. The van der Waals surface area contributed by atoms with Gasteiger partial charge in [-0.05, 0) is 25.7 Å². The van der Waals surface area contributed by atoms with Gasteiger partial charge < -0.3 is 10.6 Å². The summed E-state index contributed by atoms with van der Waals surface area (Å²) < 4.78 is 0. The van der Waals surface area contributed by atoms with Crippen LogP contribution in [0.3, 0.4) is 0 Å². The molecule has 26 heavy (non-hydrogen) atoms. The number of primary amides is 1. The number of carbonyl (C=O) groups is 2. The van der Waals surface area contributed by atoms with E-state index in [4.69, 9.17) is 5.73 Å². The molecule has 0 saturated heterocycles. The largest absolute Gasteiger partial charge is 0.370 e. The number of carbonyl (C=O) groups excluding carboxylic acids is 2. The Bertz CT molecular complexity index is 333. The van der Waals surface area contributed by atoms with Crippen LogP contribution in [0.15, 0.2) is 0 Å². The molecule has 0 heterocycles. The fourth-order valence-corrected chi connectivity index (χ4v) is 3.26. The summed E-state index contributed by atoms with van der Waals surface area (Å²) in [5.74, 6) is 0.153. The molecule has 0 radical (unpaired) electrons. The summed E-state index contributed by atoms with van der Waals surface area (Å²) in [6, 6.07) is 0. The molecule has 0 aromatic rings. The first-order chi connectivity index (χ1) is 12.6. The second kappa shape index (κ2) is 18.7. The van der Waals surface area contributed by atoms with Crippen molar-refractivity contribution in [1.29, 1.82) is 0 Å². The highest BCUT2D eigenvalue weighted by Crippen LogP contribution is 2.12. The van der Waals surface area contributed by atoms with Crippen molar-refractivity contribution in [3.05, 3.63) is 0 Å². The van der Waals surface area contributed by atoms with Crippen LogP contribution in [0.2, 0.25) is 0 Å². The fourth-order valence-electron chi connectivity index (χ4n) is 3.26. The van der Waals surface area contributed by atoms with Crippen LogP contribution >= 0.6 is 0 Å². The van der Waals surface area contributed by atoms with Crippen LogP contribution in [0.4, 0.5) is 0 Å². The van der Waals surface area contributed by atoms with Gasteiger partial charge in [0, 0.05) is 25.9 Å². The summed E-state index contributed by atoms with van der Waals surface area (Å²) >= 11 is 0. The molecule has 0 bridgehead atoms. The van der Waals surface area contributed by atoms with Crippen molar-refractivity contribution in [2.45, 2.75) is 117 Å². The highest BCUT2D eigenvalue weighted by atomic mass is 16.2. The van der Waals surface area contributed by atoms with Gasteiger partial charge >= 0.3 is 0 Å². The summed E-state index contributed by atoms with van der Waals surface area (Å²) in [7, 11) is 0. The zero-order chi connectivity index (χ0) is 19.5. The van der Waals surface area contributed by atoms with E-state index in [0.717, 1.165) is 64.5 Å². The van der Waals surface area contributed by atoms with Crippen molar-refractivity contribution in [3.8, 4) is 0 Å². The standard InChI is InChI=1S/C22H44N2O2/c1-3-5-7-15-19-24(20-16-8-6-4-2)22(26)18-14-12-10-9-11-13-17-21(23)25/h3-20H2,1-2H3,(H2,23,25). The molecule has 0 fully saturated rings. The minimum Gasteiger partial charge on any atom is -0.370 e. The van der Waals surface area contributed by atoms with Crippen LogP contribution in [0, 0.1) is 0 Å². The number of nitrogens with zero attached hydrogens (tertiary/aromatic N) is 1. The molecule has 0 aromatic heterocycles. The Labute approximate surface area is 162 Å². The van der Waals surface area contributed by atoms with Crippen molar-refractivity contribution in [1.82, 2.24) is 4.90 Å². The lowest BCUT2D eigenvalue weighted by Crippen LogP contribution is -2.32. The molecule has 0 aliphatic rings. The molecule has 0 aromatic carbocycles. The highest BCUT2D eigenvalue weighted by molar-refractivity contribution is 5.76. The molecule has 0 spiro atoms. The van der Waals surface area contributed by atoms with Crippen molar-refractivity contribution >= 4 is 11.8 Å². The van der Waals surface area contributed by atoms with Gasteiger partial charge in [-0.1, -0.05) is 78.1 Å². The Balaban J connectivity index is 3.89. The number of rotatable bonds is 19. The van der Waals surface area contributed by atoms with Crippen LogP contribution in [-0.4, -0.2) is 29.8 Å². The van der Waals surface area contributed by atoms with E-state index >= 15 is 0 Å². The topological polar surface area (TPSA) is 63.4 Å². The maximum absolute atomic E-state index is 12.6. The summed E-state index contributed by atoms with van der Waals surface area (Å²) in [5.41, 5.74) is 5.14. The van der Waals surface area contributed by atoms with Crippen LogP contribution in [-0.2, 0) is 9.59 Å². The lowest BCUT2D eigenvalue weighted by atomic mass is 10.1. The van der Waals surface area contributed by atoms with Crippen LogP contribution in [0.5, 0.6) is 0 Å². The van der Waals surface area contributed by atoms with E-state index in [1.807, 2.05) is 0 Å². The molecule has 4 nitrogen and oxygen atoms in total. The number of nitrogens with two attached hydrogens (primary N) is 1. The fraction of sp³-hybridized carbons (Fsp3) is 0.909.